The van der Waals surface area contributed by atoms with Crippen molar-refractivity contribution in [1.82, 2.24) is 5.43 Å². The van der Waals surface area contributed by atoms with Gasteiger partial charge in [0.25, 0.3) is 0 Å². The van der Waals surface area contributed by atoms with Gasteiger partial charge in [0.2, 0.25) is 11.8 Å². The predicted octanol–water partition coefficient (Wildman–Crippen LogP) is 3.95. The Bertz CT molecular complexity index is 906. The molecule has 0 spiro atoms. The number of hydrogen-bond acceptors (Lipinski definition) is 5. The lowest BCUT2D eigenvalue weighted by Crippen LogP contribution is -2.24. The smallest absolute Gasteiger partial charge is 0.249 e. The number of hydrazone groups is 1. The minimum absolute atomic E-state index is 0.132. The SMILES string of the molecule is COc1cc(Br)cc(/C=N/NC(=O)CC(=O)Nc2cccc(Cl)c2Cl)c1O. The molecule has 0 aliphatic rings. The lowest BCUT2D eigenvalue weighted by atomic mass is 10.2. The third-order valence-corrected chi connectivity index (χ3v) is 4.51. The molecule has 0 aliphatic heterocycles. The fourth-order valence-electron chi connectivity index (χ4n) is 2.00. The number of nitrogens with zero attached hydrogens (tertiary/aromatic N) is 1. The molecule has 0 heterocycles. The second kappa shape index (κ2) is 9.59. The number of benzene rings is 2. The lowest BCUT2D eigenvalue weighted by Gasteiger charge is -2.08. The largest absolute Gasteiger partial charge is 0.504 e. The highest BCUT2D eigenvalue weighted by atomic mass is 79.9. The number of rotatable bonds is 6. The number of methoxy groups -OCH3 is 1. The van der Waals surface area contributed by atoms with Gasteiger partial charge >= 0.3 is 0 Å². The van der Waals surface area contributed by atoms with Crippen molar-refractivity contribution in [2.75, 3.05) is 12.4 Å². The van der Waals surface area contributed by atoms with Gasteiger partial charge < -0.3 is 15.2 Å². The summed E-state index contributed by atoms with van der Waals surface area (Å²) in [5.74, 6) is -1.12. The molecule has 7 nitrogen and oxygen atoms in total. The van der Waals surface area contributed by atoms with Gasteiger partial charge in [-0.25, -0.2) is 5.43 Å². The molecule has 0 fully saturated rings. The molecule has 0 aliphatic carbocycles. The van der Waals surface area contributed by atoms with Gasteiger partial charge in [-0.1, -0.05) is 45.2 Å². The van der Waals surface area contributed by atoms with Crippen LogP contribution in [0.5, 0.6) is 11.5 Å². The Morgan fingerprint density at radius 1 is 1.30 bits per heavy atom. The van der Waals surface area contributed by atoms with E-state index in [9.17, 15) is 14.7 Å². The van der Waals surface area contributed by atoms with Crippen LogP contribution in [0.3, 0.4) is 0 Å². The van der Waals surface area contributed by atoms with Crippen LogP contribution in [0.15, 0.2) is 39.9 Å². The molecular weight excluding hydrogens is 461 g/mol. The molecule has 0 saturated heterocycles. The number of anilines is 1. The summed E-state index contributed by atoms with van der Waals surface area (Å²) < 4.78 is 5.67. The Morgan fingerprint density at radius 3 is 2.74 bits per heavy atom. The Labute approximate surface area is 173 Å². The van der Waals surface area contributed by atoms with Crippen molar-refractivity contribution in [2.24, 2.45) is 5.10 Å². The molecule has 0 unspecified atom stereocenters. The zero-order valence-electron chi connectivity index (χ0n) is 13.9. The van der Waals surface area contributed by atoms with Crippen molar-refractivity contribution in [3.8, 4) is 11.5 Å². The Morgan fingerprint density at radius 2 is 2.04 bits per heavy atom. The quantitative estimate of drug-likeness (QED) is 0.335. The molecule has 2 aromatic rings. The number of aromatic hydroxyl groups is 1. The number of hydrogen-bond donors (Lipinski definition) is 3. The maximum Gasteiger partial charge on any atom is 0.249 e. The summed E-state index contributed by atoms with van der Waals surface area (Å²) in [6.45, 7) is 0. The van der Waals surface area contributed by atoms with E-state index in [0.717, 1.165) is 0 Å². The topological polar surface area (TPSA) is 100 Å². The van der Waals surface area contributed by atoms with Crippen molar-refractivity contribution in [1.29, 1.82) is 0 Å². The molecule has 27 heavy (non-hydrogen) atoms. The van der Waals surface area contributed by atoms with Crippen LogP contribution in [-0.4, -0.2) is 30.2 Å². The predicted molar refractivity (Wildman–Crippen MR) is 108 cm³/mol. The molecule has 2 amide bonds. The number of amides is 2. The minimum Gasteiger partial charge on any atom is -0.504 e. The molecule has 142 valence electrons. The summed E-state index contributed by atoms with van der Waals surface area (Å²) in [5.41, 5.74) is 2.82. The third-order valence-electron chi connectivity index (χ3n) is 3.23. The van der Waals surface area contributed by atoms with Crippen molar-refractivity contribution in [3.05, 3.63) is 50.4 Å². The van der Waals surface area contributed by atoms with E-state index >= 15 is 0 Å². The van der Waals surface area contributed by atoms with Crippen LogP contribution < -0.4 is 15.5 Å². The number of nitrogens with one attached hydrogen (secondary N) is 2. The van der Waals surface area contributed by atoms with Crippen LogP contribution in [0.2, 0.25) is 10.0 Å². The highest BCUT2D eigenvalue weighted by Gasteiger charge is 2.12. The highest BCUT2D eigenvalue weighted by molar-refractivity contribution is 9.10. The van der Waals surface area contributed by atoms with Gasteiger partial charge in [-0.3, -0.25) is 9.59 Å². The molecule has 2 aromatic carbocycles. The summed E-state index contributed by atoms with van der Waals surface area (Å²) in [6, 6.07) is 7.92. The number of carbonyl (C=O) groups excluding carboxylic acids is 2. The maximum absolute atomic E-state index is 11.9. The summed E-state index contributed by atoms with van der Waals surface area (Å²) in [5, 5.41) is 16.7. The van der Waals surface area contributed by atoms with E-state index in [2.05, 4.69) is 31.8 Å². The van der Waals surface area contributed by atoms with Gasteiger partial charge in [-0.2, -0.15) is 5.10 Å². The summed E-state index contributed by atoms with van der Waals surface area (Å²) in [7, 11) is 1.41. The van der Waals surface area contributed by atoms with Crippen molar-refractivity contribution in [2.45, 2.75) is 6.42 Å². The Balaban J connectivity index is 1.94. The molecule has 3 N–H and O–H groups in total. The van der Waals surface area contributed by atoms with E-state index < -0.39 is 18.2 Å². The molecular formula is C17H14BrCl2N3O4. The van der Waals surface area contributed by atoms with E-state index in [1.165, 1.54) is 13.3 Å². The van der Waals surface area contributed by atoms with Gasteiger partial charge in [0.1, 0.15) is 6.42 Å². The van der Waals surface area contributed by atoms with Crippen molar-refractivity contribution >= 4 is 62.8 Å². The maximum atomic E-state index is 11.9. The molecule has 0 bridgehead atoms. The normalized spacial score (nSPS) is 10.7. The number of phenols is 1. The van der Waals surface area contributed by atoms with Gasteiger partial charge in [-0.15, -0.1) is 0 Å². The van der Waals surface area contributed by atoms with E-state index in [-0.39, 0.29) is 21.5 Å². The van der Waals surface area contributed by atoms with Crippen molar-refractivity contribution in [3.63, 3.8) is 0 Å². The van der Waals surface area contributed by atoms with Crippen LogP contribution in [-0.2, 0) is 9.59 Å². The second-order valence-corrected chi connectivity index (χ2v) is 6.87. The van der Waals surface area contributed by atoms with Gasteiger partial charge in [0.15, 0.2) is 11.5 Å². The summed E-state index contributed by atoms with van der Waals surface area (Å²) in [4.78, 5) is 23.7. The first-order chi connectivity index (χ1) is 12.8. The first-order valence-corrected chi connectivity index (χ1v) is 8.99. The van der Waals surface area contributed by atoms with Gasteiger partial charge in [0, 0.05) is 10.0 Å². The van der Waals surface area contributed by atoms with Crippen LogP contribution in [0.25, 0.3) is 0 Å². The lowest BCUT2D eigenvalue weighted by molar-refractivity contribution is -0.126. The van der Waals surface area contributed by atoms with Crippen LogP contribution in [0.4, 0.5) is 5.69 Å². The Hall–Kier alpha value is -2.29. The summed E-state index contributed by atoms with van der Waals surface area (Å²) >= 11 is 15.1. The van der Waals surface area contributed by atoms with E-state index in [0.29, 0.717) is 15.7 Å². The van der Waals surface area contributed by atoms with E-state index in [1.54, 1.807) is 30.3 Å². The molecule has 10 heteroatoms. The minimum atomic E-state index is -0.650. The highest BCUT2D eigenvalue weighted by Crippen LogP contribution is 2.32. The second-order valence-electron chi connectivity index (χ2n) is 5.17. The van der Waals surface area contributed by atoms with Gasteiger partial charge in [-0.05, 0) is 24.3 Å². The Kier molecular flexibility index (Phi) is 7.46. The number of carbonyl (C=O) groups is 2. The zero-order valence-corrected chi connectivity index (χ0v) is 17.0. The van der Waals surface area contributed by atoms with Gasteiger partial charge in [0.05, 0.1) is 29.1 Å². The monoisotopic (exact) mass is 473 g/mol. The van der Waals surface area contributed by atoms with E-state index in [1.807, 2.05) is 0 Å². The number of halogens is 3. The average Bonchev–Trinajstić information content (AvgIpc) is 2.61. The van der Waals surface area contributed by atoms with Crippen LogP contribution >= 0.6 is 39.1 Å². The molecule has 0 radical (unpaired) electrons. The summed E-state index contributed by atoms with van der Waals surface area (Å²) in [6.07, 6.45) is 0.750. The first-order valence-electron chi connectivity index (χ1n) is 7.44. The standard InChI is InChI=1S/C17H14BrCl2N3O4/c1-27-13-6-10(18)5-9(17(13)26)8-21-23-15(25)7-14(24)22-12-4-2-3-11(19)16(12)20/h2-6,8,26H,7H2,1H3,(H,22,24)(H,23,25)/b21-8+. The number of ether oxygens (including phenoxy) is 1. The molecule has 0 atom stereocenters. The van der Waals surface area contributed by atoms with E-state index in [4.69, 9.17) is 27.9 Å². The van der Waals surface area contributed by atoms with Crippen LogP contribution in [0.1, 0.15) is 12.0 Å². The first kappa shape index (κ1) is 21.0. The zero-order chi connectivity index (χ0) is 20.0. The molecule has 0 aromatic heterocycles. The average molecular weight is 475 g/mol. The molecule has 2 rings (SSSR count). The third kappa shape index (κ3) is 5.85. The fraction of sp³-hybridized carbons (Fsp3) is 0.118. The van der Waals surface area contributed by atoms with Crippen LogP contribution in [0, 0.1) is 0 Å². The fourth-order valence-corrected chi connectivity index (χ4v) is 2.80. The van der Waals surface area contributed by atoms with Crippen molar-refractivity contribution < 1.29 is 19.4 Å². The molecule has 0 saturated carbocycles. The number of phenolic OH excluding ortho intramolecular Hbond substituents is 1.